The minimum Gasteiger partial charge on any atom is -0.481 e. The number of rotatable bonds is 22. The van der Waals surface area contributed by atoms with Crippen LogP contribution in [0.3, 0.4) is 0 Å². The van der Waals surface area contributed by atoms with Gasteiger partial charge in [0.05, 0.1) is 6.42 Å². The number of hydrogen-bond acceptors (Lipinski definition) is 4. The summed E-state index contributed by atoms with van der Waals surface area (Å²) in [7, 11) is -5.08. The van der Waals surface area contributed by atoms with Crippen LogP contribution in [0.5, 0.6) is 0 Å². The lowest BCUT2D eigenvalue weighted by Crippen LogP contribution is -2.47. The number of allylic oxidation sites excluding steroid dienone is 4. The van der Waals surface area contributed by atoms with E-state index < -0.39 is 39.6 Å². The van der Waals surface area contributed by atoms with Crippen molar-refractivity contribution < 1.29 is 32.8 Å². The minimum absolute atomic E-state index is 0.583. The minimum atomic E-state index is -5.08. The van der Waals surface area contributed by atoms with Gasteiger partial charge in [0.15, 0.2) is 0 Å². The van der Waals surface area contributed by atoms with Crippen LogP contribution < -0.4 is 0 Å². The lowest BCUT2D eigenvalue weighted by Gasteiger charge is -2.22. The van der Waals surface area contributed by atoms with Gasteiger partial charge >= 0.3 is 11.9 Å². The number of unbranched alkanes of at least 4 members (excludes halogenated alkanes) is 13. The van der Waals surface area contributed by atoms with E-state index in [2.05, 4.69) is 19.1 Å². The van der Waals surface area contributed by atoms with Gasteiger partial charge in [-0.1, -0.05) is 89.0 Å². The van der Waals surface area contributed by atoms with Crippen LogP contribution in [0.2, 0.25) is 0 Å². The number of carboxylic acid groups (broad SMARTS) is 2. The van der Waals surface area contributed by atoms with Crippen molar-refractivity contribution in [2.24, 2.45) is 0 Å². The Morgan fingerprint density at radius 1 is 0.697 bits per heavy atom. The number of carbonyl (C=O) groups is 2. The van der Waals surface area contributed by atoms with Crippen molar-refractivity contribution in [2.75, 3.05) is 0 Å². The van der Waals surface area contributed by atoms with E-state index >= 15 is 0 Å². The van der Waals surface area contributed by atoms with Crippen LogP contribution >= 0.6 is 0 Å². The first kappa shape index (κ1) is 31.3. The summed E-state index contributed by atoms with van der Waals surface area (Å²) in [6.07, 6.45) is 23.4. The van der Waals surface area contributed by atoms with Crippen molar-refractivity contribution in [2.45, 2.75) is 121 Å². The van der Waals surface area contributed by atoms with E-state index in [1.54, 1.807) is 6.08 Å². The molecule has 0 spiro atoms. The standard InChI is InChI=1S/C25H44O7S/c1-2-3-4-5-6-7-8-9-10-11-12-13-14-15-16-17-18-19-20-21-25(24(28)29,22-23(26)27)33(30,31)32/h9-10,19-20H,2-8,11-18,21-22H2,1H3,(H,26,27)(H,28,29)(H,30,31,32)/b10-9-,20-19?. The number of carboxylic acids is 2. The topological polar surface area (TPSA) is 129 Å². The molecule has 0 aromatic carbocycles. The maximum absolute atomic E-state index is 11.5. The molecule has 0 fully saturated rings. The van der Waals surface area contributed by atoms with Gasteiger partial charge in [-0.25, -0.2) is 0 Å². The molecule has 7 nitrogen and oxygen atoms in total. The highest BCUT2D eigenvalue weighted by Crippen LogP contribution is 2.27. The van der Waals surface area contributed by atoms with Crippen LogP contribution in [-0.4, -0.2) is 39.9 Å². The molecule has 0 aromatic heterocycles. The average molecular weight is 489 g/mol. The summed E-state index contributed by atoms with van der Waals surface area (Å²) < 4.78 is 29.6. The van der Waals surface area contributed by atoms with E-state index in [1.807, 2.05) is 0 Å². The molecule has 0 heterocycles. The summed E-state index contributed by atoms with van der Waals surface area (Å²) in [6, 6.07) is 0. The van der Waals surface area contributed by atoms with Gasteiger partial charge < -0.3 is 10.2 Å². The van der Waals surface area contributed by atoms with E-state index in [1.165, 1.54) is 70.3 Å². The second-order valence-electron chi connectivity index (χ2n) is 8.75. The maximum Gasteiger partial charge on any atom is 0.328 e. The molecule has 0 bridgehead atoms. The highest BCUT2D eigenvalue weighted by Gasteiger charge is 2.51. The van der Waals surface area contributed by atoms with Gasteiger partial charge in [0, 0.05) is 0 Å². The molecule has 0 rings (SSSR count). The fourth-order valence-corrected chi connectivity index (χ4v) is 4.52. The Bertz CT molecular complexity index is 698. The predicted molar refractivity (Wildman–Crippen MR) is 132 cm³/mol. The quantitative estimate of drug-likeness (QED) is 0.0895. The van der Waals surface area contributed by atoms with E-state index in [-0.39, 0.29) is 0 Å². The second kappa shape index (κ2) is 18.7. The van der Waals surface area contributed by atoms with Crippen molar-refractivity contribution in [1.82, 2.24) is 0 Å². The Balaban J connectivity index is 3.87. The third-order valence-electron chi connectivity index (χ3n) is 5.82. The van der Waals surface area contributed by atoms with Crippen LogP contribution in [0, 0.1) is 0 Å². The number of aliphatic carboxylic acids is 2. The van der Waals surface area contributed by atoms with Gasteiger partial charge in [0.25, 0.3) is 10.1 Å². The lowest BCUT2D eigenvalue weighted by molar-refractivity contribution is -0.146. The zero-order chi connectivity index (χ0) is 25.0. The van der Waals surface area contributed by atoms with Crippen molar-refractivity contribution in [3.05, 3.63) is 24.3 Å². The van der Waals surface area contributed by atoms with Gasteiger partial charge in [0.2, 0.25) is 4.75 Å². The molecule has 8 heteroatoms. The van der Waals surface area contributed by atoms with Crippen LogP contribution in [0.25, 0.3) is 0 Å². The van der Waals surface area contributed by atoms with Crippen LogP contribution in [-0.2, 0) is 19.7 Å². The third kappa shape index (κ3) is 15.0. The van der Waals surface area contributed by atoms with Crippen LogP contribution in [0.4, 0.5) is 0 Å². The Kier molecular flexibility index (Phi) is 17.8. The van der Waals surface area contributed by atoms with Gasteiger partial charge in [-0.3, -0.25) is 14.1 Å². The second-order valence-corrected chi connectivity index (χ2v) is 10.5. The molecule has 192 valence electrons. The monoisotopic (exact) mass is 488 g/mol. The van der Waals surface area contributed by atoms with Crippen molar-refractivity contribution >= 4 is 22.1 Å². The molecule has 0 saturated carbocycles. The summed E-state index contributed by atoms with van der Waals surface area (Å²) in [6.45, 7) is 2.24. The zero-order valence-corrected chi connectivity index (χ0v) is 21.0. The molecule has 0 aliphatic heterocycles. The molecule has 0 aromatic rings. The first-order chi connectivity index (χ1) is 15.7. The Labute approximate surface area is 200 Å². The fraction of sp³-hybridized carbons (Fsp3) is 0.760. The van der Waals surface area contributed by atoms with Gasteiger partial charge in [0.1, 0.15) is 0 Å². The number of hydrogen-bond donors (Lipinski definition) is 3. The molecule has 3 N–H and O–H groups in total. The predicted octanol–water partition coefficient (Wildman–Crippen LogP) is 6.55. The summed E-state index contributed by atoms with van der Waals surface area (Å²) in [5, 5.41) is 18.1. The van der Waals surface area contributed by atoms with Crippen molar-refractivity contribution in [3.8, 4) is 0 Å². The molecule has 0 aliphatic rings. The largest absolute Gasteiger partial charge is 0.481 e. The first-order valence-electron chi connectivity index (χ1n) is 12.4. The lowest BCUT2D eigenvalue weighted by atomic mass is 9.99. The Morgan fingerprint density at radius 2 is 1.09 bits per heavy atom. The van der Waals surface area contributed by atoms with Gasteiger partial charge in [-0.2, -0.15) is 8.42 Å². The molecule has 1 unspecified atom stereocenters. The molecular weight excluding hydrogens is 444 g/mol. The highest BCUT2D eigenvalue weighted by molar-refractivity contribution is 7.88. The molecule has 33 heavy (non-hydrogen) atoms. The summed E-state index contributed by atoms with van der Waals surface area (Å²) >= 11 is 0. The fourth-order valence-electron chi connectivity index (χ4n) is 3.69. The average Bonchev–Trinajstić information content (AvgIpc) is 2.73. The third-order valence-corrected chi connectivity index (χ3v) is 7.29. The van der Waals surface area contributed by atoms with Gasteiger partial charge in [-0.05, 0) is 44.9 Å². The maximum atomic E-state index is 11.5. The van der Waals surface area contributed by atoms with Crippen molar-refractivity contribution in [3.63, 3.8) is 0 Å². The molecule has 1 atom stereocenters. The highest BCUT2D eigenvalue weighted by atomic mass is 32.2. The zero-order valence-electron chi connectivity index (χ0n) is 20.2. The van der Waals surface area contributed by atoms with E-state index in [0.717, 1.165) is 25.7 Å². The van der Waals surface area contributed by atoms with Crippen LogP contribution in [0.15, 0.2) is 24.3 Å². The van der Waals surface area contributed by atoms with Crippen molar-refractivity contribution in [1.29, 1.82) is 0 Å². The van der Waals surface area contributed by atoms with Crippen LogP contribution in [0.1, 0.15) is 116 Å². The van der Waals surface area contributed by atoms with E-state index in [4.69, 9.17) is 5.11 Å². The smallest absolute Gasteiger partial charge is 0.328 e. The first-order valence-corrected chi connectivity index (χ1v) is 13.8. The van der Waals surface area contributed by atoms with E-state index in [0.29, 0.717) is 6.42 Å². The molecule has 0 amide bonds. The molecule has 0 radical (unpaired) electrons. The molecule has 0 saturated heterocycles. The molecular formula is C25H44O7S. The Morgan fingerprint density at radius 3 is 1.45 bits per heavy atom. The normalized spacial score (nSPS) is 14.1. The summed E-state index contributed by atoms with van der Waals surface area (Å²) in [5.74, 6) is -3.47. The van der Waals surface area contributed by atoms with Gasteiger partial charge in [-0.15, -0.1) is 0 Å². The summed E-state index contributed by atoms with van der Waals surface area (Å²) in [5.41, 5.74) is 0. The SMILES string of the molecule is CCCCCCCC/C=C\CCCCCCCCC=CCC(CC(=O)O)(C(=O)O)S(=O)(=O)O. The Hall–Kier alpha value is -1.67. The molecule has 0 aliphatic carbocycles. The van der Waals surface area contributed by atoms with E-state index in [9.17, 15) is 27.7 Å². The summed E-state index contributed by atoms with van der Waals surface area (Å²) in [4.78, 5) is 22.3.